The molecule has 1 aliphatic rings. The van der Waals surface area contributed by atoms with Crippen molar-refractivity contribution in [3.05, 3.63) is 63.2 Å². The Balaban J connectivity index is 1.91. The van der Waals surface area contributed by atoms with Crippen molar-refractivity contribution < 1.29 is 0 Å². The van der Waals surface area contributed by atoms with Crippen molar-refractivity contribution in [2.45, 2.75) is 53.9 Å². The molecule has 0 bridgehead atoms. The Labute approximate surface area is 141 Å². The molecular formula is C22H29N. The van der Waals surface area contributed by atoms with Gasteiger partial charge in [0.2, 0.25) is 0 Å². The number of benzene rings is 2. The number of hydrogen-bond acceptors (Lipinski definition) is 1. The molecule has 1 nitrogen and oxygen atoms in total. The molecule has 1 aliphatic heterocycles. The molecule has 2 aromatic carbocycles. The predicted octanol–water partition coefficient (Wildman–Crippen LogP) is 5.53. The van der Waals surface area contributed by atoms with Crippen LogP contribution >= 0.6 is 0 Å². The van der Waals surface area contributed by atoms with E-state index in [0.717, 1.165) is 6.54 Å². The summed E-state index contributed by atoms with van der Waals surface area (Å²) >= 11 is 0. The summed E-state index contributed by atoms with van der Waals surface area (Å²) in [7, 11) is 0. The van der Waals surface area contributed by atoms with Crippen molar-refractivity contribution in [1.82, 2.24) is 0 Å². The van der Waals surface area contributed by atoms with Crippen LogP contribution in [0, 0.1) is 41.5 Å². The normalized spacial score (nSPS) is 17.8. The molecule has 0 saturated carbocycles. The molecular weight excluding hydrogens is 278 g/mol. The summed E-state index contributed by atoms with van der Waals surface area (Å²) in [6, 6.07) is 9.32. The maximum Gasteiger partial charge on any atom is 0.0426 e. The van der Waals surface area contributed by atoms with Gasteiger partial charge < -0.3 is 4.90 Å². The number of aryl methyl sites for hydroxylation is 6. The second-order valence-corrected chi connectivity index (χ2v) is 7.49. The van der Waals surface area contributed by atoms with E-state index in [1.807, 2.05) is 0 Å². The summed E-state index contributed by atoms with van der Waals surface area (Å²) in [5, 5.41) is 0. The van der Waals surface area contributed by atoms with Gasteiger partial charge in [0.25, 0.3) is 0 Å². The third-order valence-electron chi connectivity index (χ3n) is 5.29. The van der Waals surface area contributed by atoms with Gasteiger partial charge in [0.05, 0.1) is 0 Å². The highest BCUT2D eigenvalue weighted by molar-refractivity contribution is 5.61. The molecule has 1 atom stereocenters. The second-order valence-electron chi connectivity index (χ2n) is 7.49. The van der Waals surface area contributed by atoms with Gasteiger partial charge in [-0.05, 0) is 75.8 Å². The van der Waals surface area contributed by atoms with Crippen LogP contribution < -0.4 is 4.90 Å². The minimum Gasteiger partial charge on any atom is -0.370 e. The standard InChI is InChI=1S/C22H29N/c1-14-9-16(3)21(17(4)10-14)20-7-8-23(13-20)22-18(5)11-15(2)12-19(22)6/h9-12,20H,7-8,13H2,1-6H3/t20-/m1/s1. The predicted molar refractivity (Wildman–Crippen MR) is 101 cm³/mol. The smallest absolute Gasteiger partial charge is 0.0426 e. The molecule has 2 aromatic rings. The average molecular weight is 307 g/mol. The molecule has 0 amide bonds. The Morgan fingerprint density at radius 3 is 1.74 bits per heavy atom. The van der Waals surface area contributed by atoms with Crippen LogP contribution in [-0.2, 0) is 0 Å². The Morgan fingerprint density at radius 2 is 1.22 bits per heavy atom. The van der Waals surface area contributed by atoms with Gasteiger partial charge >= 0.3 is 0 Å². The number of nitrogens with zero attached hydrogens (tertiary/aromatic N) is 1. The van der Waals surface area contributed by atoms with Gasteiger partial charge in [-0.15, -0.1) is 0 Å². The van der Waals surface area contributed by atoms with Gasteiger partial charge in [-0.3, -0.25) is 0 Å². The zero-order valence-corrected chi connectivity index (χ0v) is 15.5. The van der Waals surface area contributed by atoms with Gasteiger partial charge in [0, 0.05) is 24.7 Å². The topological polar surface area (TPSA) is 3.24 Å². The van der Waals surface area contributed by atoms with Gasteiger partial charge in [-0.25, -0.2) is 0 Å². The van der Waals surface area contributed by atoms with Crippen LogP contribution in [0.5, 0.6) is 0 Å². The molecule has 1 heteroatoms. The van der Waals surface area contributed by atoms with E-state index in [1.165, 1.54) is 52.0 Å². The van der Waals surface area contributed by atoms with Crippen LogP contribution in [0.4, 0.5) is 5.69 Å². The zero-order valence-electron chi connectivity index (χ0n) is 15.5. The van der Waals surface area contributed by atoms with Gasteiger partial charge in [-0.2, -0.15) is 0 Å². The van der Waals surface area contributed by atoms with Gasteiger partial charge in [-0.1, -0.05) is 35.4 Å². The van der Waals surface area contributed by atoms with Crippen LogP contribution in [0.2, 0.25) is 0 Å². The molecule has 1 heterocycles. The maximum atomic E-state index is 2.60. The molecule has 0 spiro atoms. The third-order valence-corrected chi connectivity index (χ3v) is 5.29. The summed E-state index contributed by atoms with van der Waals surface area (Å²) in [5.74, 6) is 0.663. The SMILES string of the molecule is Cc1cc(C)c([C@@H]2CCN(c3c(C)cc(C)cc3C)C2)c(C)c1. The molecule has 122 valence electrons. The molecule has 0 aliphatic carbocycles. The third kappa shape index (κ3) is 3.02. The Hall–Kier alpha value is -1.76. The minimum absolute atomic E-state index is 0.663. The van der Waals surface area contributed by atoms with Crippen LogP contribution in [0.3, 0.4) is 0 Å². The summed E-state index contributed by atoms with van der Waals surface area (Å²) in [6.07, 6.45) is 1.26. The van der Waals surface area contributed by atoms with Crippen molar-refractivity contribution in [3.63, 3.8) is 0 Å². The highest BCUT2D eigenvalue weighted by atomic mass is 15.2. The largest absolute Gasteiger partial charge is 0.370 e. The molecule has 23 heavy (non-hydrogen) atoms. The lowest BCUT2D eigenvalue weighted by molar-refractivity contribution is 0.761. The molecule has 0 radical (unpaired) electrons. The van der Waals surface area contributed by atoms with Crippen molar-refractivity contribution >= 4 is 5.69 Å². The number of anilines is 1. The van der Waals surface area contributed by atoms with Crippen molar-refractivity contribution in [1.29, 1.82) is 0 Å². The number of rotatable bonds is 2. The lowest BCUT2D eigenvalue weighted by Crippen LogP contribution is -2.21. The molecule has 0 aromatic heterocycles. The first kappa shape index (κ1) is 16.1. The van der Waals surface area contributed by atoms with Crippen molar-refractivity contribution in [3.8, 4) is 0 Å². The quantitative estimate of drug-likeness (QED) is 0.705. The monoisotopic (exact) mass is 307 g/mol. The number of hydrogen-bond donors (Lipinski definition) is 0. The van der Waals surface area contributed by atoms with E-state index in [0.29, 0.717) is 5.92 Å². The van der Waals surface area contributed by atoms with Gasteiger partial charge in [0.1, 0.15) is 0 Å². The van der Waals surface area contributed by atoms with Crippen molar-refractivity contribution in [2.24, 2.45) is 0 Å². The molecule has 1 saturated heterocycles. The molecule has 3 rings (SSSR count). The second kappa shape index (κ2) is 6.03. The van der Waals surface area contributed by atoms with E-state index in [9.17, 15) is 0 Å². The lowest BCUT2D eigenvalue weighted by atomic mass is 9.89. The Kier molecular flexibility index (Phi) is 4.23. The van der Waals surface area contributed by atoms with E-state index in [1.54, 1.807) is 5.56 Å². The molecule has 1 fully saturated rings. The molecule has 0 unspecified atom stereocenters. The summed E-state index contributed by atoms with van der Waals surface area (Å²) in [6.45, 7) is 15.8. The Morgan fingerprint density at radius 1 is 0.739 bits per heavy atom. The maximum absolute atomic E-state index is 2.60. The van der Waals surface area contributed by atoms with E-state index in [2.05, 4.69) is 70.7 Å². The lowest BCUT2D eigenvalue weighted by Gasteiger charge is -2.25. The molecule has 0 N–H and O–H groups in total. The Bertz CT molecular complexity index is 632. The first-order chi connectivity index (χ1) is 10.9. The average Bonchev–Trinajstić information content (AvgIpc) is 2.85. The van der Waals surface area contributed by atoms with E-state index in [4.69, 9.17) is 0 Å². The van der Waals surface area contributed by atoms with E-state index in [-0.39, 0.29) is 0 Å². The van der Waals surface area contributed by atoms with E-state index < -0.39 is 0 Å². The van der Waals surface area contributed by atoms with Crippen LogP contribution in [0.15, 0.2) is 24.3 Å². The van der Waals surface area contributed by atoms with Crippen molar-refractivity contribution in [2.75, 3.05) is 18.0 Å². The van der Waals surface area contributed by atoms with Gasteiger partial charge in [0.15, 0.2) is 0 Å². The fourth-order valence-electron chi connectivity index (χ4n) is 4.71. The summed E-state index contributed by atoms with van der Waals surface area (Å²) in [5.41, 5.74) is 11.5. The highest BCUT2D eigenvalue weighted by Gasteiger charge is 2.27. The first-order valence-corrected chi connectivity index (χ1v) is 8.77. The zero-order chi connectivity index (χ0) is 16.7. The fourth-order valence-corrected chi connectivity index (χ4v) is 4.71. The summed E-state index contributed by atoms with van der Waals surface area (Å²) < 4.78 is 0. The van der Waals surface area contributed by atoms with Crippen LogP contribution in [0.1, 0.15) is 51.3 Å². The highest BCUT2D eigenvalue weighted by Crippen LogP contribution is 2.37. The van der Waals surface area contributed by atoms with Crippen LogP contribution in [-0.4, -0.2) is 13.1 Å². The van der Waals surface area contributed by atoms with E-state index >= 15 is 0 Å². The fraction of sp³-hybridized carbons (Fsp3) is 0.455. The van der Waals surface area contributed by atoms with Crippen LogP contribution in [0.25, 0.3) is 0 Å². The minimum atomic E-state index is 0.663. The first-order valence-electron chi connectivity index (χ1n) is 8.77. The summed E-state index contributed by atoms with van der Waals surface area (Å²) in [4.78, 5) is 2.60.